The number of hydrogen-bond donors (Lipinski definition) is 0. The van der Waals surface area contributed by atoms with Crippen LogP contribution in [0.1, 0.15) is 0 Å². The molecule has 0 rings (SSSR count). The first-order valence-electron chi connectivity index (χ1n) is 2.40. The van der Waals surface area contributed by atoms with Crippen molar-refractivity contribution >= 4 is 35.1 Å². The minimum Gasteiger partial charge on any atom is -0.544 e. The van der Waals surface area contributed by atoms with Gasteiger partial charge in [-0.2, -0.15) is 0 Å². The Balaban J connectivity index is -0.000000143. The zero-order valence-corrected chi connectivity index (χ0v) is 11.0. The van der Waals surface area contributed by atoms with Crippen LogP contribution in [0.2, 0.25) is 0 Å². The maximum absolute atomic E-state index is 9.36. The molecule has 0 saturated carbocycles. The number of carboxylic acid groups (broad SMARTS) is 2. The number of hydrogen-bond acceptors (Lipinski definition) is 4. The molecule has 68 valence electrons. The normalized spacial score (nSPS) is 6.92. The summed E-state index contributed by atoms with van der Waals surface area (Å²) in [5.41, 5.74) is 0. The second kappa shape index (κ2) is 9.71. The van der Waals surface area contributed by atoms with E-state index in [1.165, 1.54) is 0 Å². The van der Waals surface area contributed by atoms with Crippen LogP contribution in [-0.4, -0.2) is 11.9 Å². The van der Waals surface area contributed by atoms with Gasteiger partial charge in [0.1, 0.15) is 0 Å². The van der Waals surface area contributed by atoms with Crippen LogP contribution in [0, 0.1) is 0 Å². The Morgan fingerprint density at radius 1 is 0.923 bits per heavy atom. The van der Waals surface area contributed by atoms with Crippen molar-refractivity contribution in [2.75, 3.05) is 0 Å². The number of rotatable bonds is 2. The van der Waals surface area contributed by atoms with Gasteiger partial charge in [0.25, 0.3) is 0 Å². The second-order valence-corrected chi connectivity index (χ2v) is 2.30. The van der Waals surface area contributed by atoms with Crippen LogP contribution in [0.5, 0.6) is 0 Å². The second-order valence-electron chi connectivity index (χ2n) is 1.38. The number of aliphatic carboxylic acids is 2. The van der Waals surface area contributed by atoms with Crippen LogP contribution in [0.15, 0.2) is 23.2 Å². The Hall–Kier alpha value is -0.377. The first kappa shape index (κ1) is 18.4. The van der Waals surface area contributed by atoms with Gasteiger partial charge >= 0.3 is 19.5 Å². The minimum absolute atomic E-state index is 0. The first-order chi connectivity index (χ1) is 5.29. The maximum Gasteiger partial charge on any atom is 2.00 e. The third-order valence-electron chi connectivity index (χ3n) is 0.443. The molecule has 0 saturated heterocycles. The topological polar surface area (TPSA) is 80.3 Å². The monoisotopic (exact) mass is 274 g/mol. The summed E-state index contributed by atoms with van der Waals surface area (Å²) in [5, 5.41) is 17.8. The average Bonchev–Trinajstić information content (AvgIpc) is 1.88. The van der Waals surface area contributed by atoms with E-state index in [0.717, 1.165) is 0 Å². The molecular weight excluding hydrogens is 272 g/mol. The van der Waals surface area contributed by atoms with Gasteiger partial charge in [-0.15, -0.1) is 0 Å². The van der Waals surface area contributed by atoms with E-state index in [0.29, 0.717) is 0 Å². The van der Waals surface area contributed by atoms with Crippen LogP contribution >= 0.6 is 23.2 Å². The van der Waals surface area contributed by atoms with E-state index in [2.05, 4.69) is 13.2 Å². The van der Waals surface area contributed by atoms with E-state index in [1.807, 2.05) is 0 Å². The zero-order chi connectivity index (χ0) is 10.3. The zero-order valence-electron chi connectivity index (χ0n) is 6.51. The summed E-state index contributed by atoms with van der Waals surface area (Å²) in [6.45, 7) is 5.72. The van der Waals surface area contributed by atoms with Crippen molar-refractivity contribution in [1.29, 1.82) is 0 Å². The molecular formula is C6H4Cl2O4Zn. The predicted octanol–water partition coefficient (Wildman–Crippen LogP) is -1.02. The molecule has 0 amide bonds. The Labute approximate surface area is 97.6 Å². The summed E-state index contributed by atoms with van der Waals surface area (Å²) < 4.78 is 0. The van der Waals surface area contributed by atoms with Crippen molar-refractivity contribution in [3.05, 3.63) is 23.2 Å². The van der Waals surface area contributed by atoms with E-state index >= 15 is 0 Å². The smallest absolute Gasteiger partial charge is 0.544 e. The number of carbonyl (C=O) groups is 2. The summed E-state index contributed by atoms with van der Waals surface area (Å²) >= 11 is 9.51. The molecule has 0 aliphatic heterocycles. The molecule has 0 aliphatic rings. The van der Waals surface area contributed by atoms with E-state index in [4.69, 9.17) is 23.2 Å². The fourth-order valence-corrected chi connectivity index (χ4v) is 0. The Kier molecular flexibility index (Phi) is 13.8. The van der Waals surface area contributed by atoms with E-state index in [9.17, 15) is 19.8 Å². The molecule has 0 heterocycles. The first-order valence-corrected chi connectivity index (χ1v) is 3.16. The predicted molar refractivity (Wildman–Crippen MR) is 40.0 cm³/mol. The largest absolute Gasteiger partial charge is 2.00 e. The van der Waals surface area contributed by atoms with Gasteiger partial charge in [0.05, 0.1) is 22.0 Å². The molecule has 7 heteroatoms. The molecule has 4 nitrogen and oxygen atoms in total. The standard InChI is InChI=1S/2C3H3ClO2.Zn/c2*1-2(4)3(5)6;/h2*1H2,(H,5,6);/q;;+2/p-2. The van der Waals surface area contributed by atoms with Crippen LogP contribution < -0.4 is 10.2 Å². The van der Waals surface area contributed by atoms with Crippen LogP contribution in [0.3, 0.4) is 0 Å². The number of halogens is 2. The average molecular weight is 276 g/mol. The quantitative estimate of drug-likeness (QED) is 0.477. The van der Waals surface area contributed by atoms with E-state index in [-0.39, 0.29) is 19.5 Å². The SMILES string of the molecule is C=C(Cl)C(=O)[O-].C=C(Cl)C(=O)[O-].[Zn+2]. The molecule has 0 aromatic heterocycles. The Morgan fingerprint density at radius 2 is 1.00 bits per heavy atom. The van der Waals surface area contributed by atoms with Crippen molar-refractivity contribution in [3.63, 3.8) is 0 Å². The fourth-order valence-electron chi connectivity index (χ4n) is 0. The van der Waals surface area contributed by atoms with Gasteiger partial charge in [-0.05, 0) is 0 Å². The van der Waals surface area contributed by atoms with E-state index in [1.54, 1.807) is 0 Å². The summed E-state index contributed by atoms with van der Waals surface area (Å²) in [7, 11) is 0. The molecule has 13 heavy (non-hydrogen) atoms. The summed E-state index contributed by atoms with van der Waals surface area (Å²) in [6.07, 6.45) is 0. The maximum atomic E-state index is 9.36. The third kappa shape index (κ3) is 18.5. The van der Waals surface area contributed by atoms with Gasteiger partial charge in [-0.1, -0.05) is 36.4 Å². The summed E-state index contributed by atoms with van der Waals surface area (Å²) in [5.74, 6) is -2.84. The van der Waals surface area contributed by atoms with Crippen LogP contribution in [0.25, 0.3) is 0 Å². The molecule has 0 atom stereocenters. The van der Waals surface area contributed by atoms with E-state index < -0.39 is 22.0 Å². The Morgan fingerprint density at radius 3 is 1.00 bits per heavy atom. The van der Waals surface area contributed by atoms with Crippen molar-refractivity contribution in [2.45, 2.75) is 0 Å². The van der Waals surface area contributed by atoms with Gasteiger partial charge in [-0.3, -0.25) is 0 Å². The van der Waals surface area contributed by atoms with Gasteiger partial charge in [0, 0.05) is 0 Å². The van der Waals surface area contributed by atoms with Crippen molar-refractivity contribution in [2.24, 2.45) is 0 Å². The molecule has 0 unspecified atom stereocenters. The molecule has 0 N–H and O–H groups in total. The molecule has 0 aliphatic carbocycles. The number of carboxylic acids is 2. The van der Waals surface area contributed by atoms with Gasteiger partial charge in [0.15, 0.2) is 0 Å². The Bertz CT molecular complexity index is 179. The van der Waals surface area contributed by atoms with Gasteiger partial charge in [0.2, 0.25) is 0 Å². The molecule has 0 aromatic rings. The van der Waals surface area contributed by atoms with Crippen LogP contribution in [0.4, 0.5) is 0 Å². The van der Waals surface area contributed by atoms with Gasteiger partial charge in [-0.25, -0.2) is 0 Å². The van der Waals surface area contributed by atoms with Gasteiger partial charge < -0.3 is 19.8 Å². The molecule has 0 spiro atoms. The number of carbonyl (C=O) groups excluding carboxylic acids is 2. The van der Waals surface area contributed by atoms with Crippen molar-refractivity contribution in [3.8, 4) is 0 Å². The summed E-state index contributed by atoms with van der Waals surface area (Å²) in [4.78, 5) is 18.7. The molecule has 0 radical (unpaired) electrons. The summed E-state index contributed by atoms with van der Waals surface area (Å²) in [6, 6.07) is 0. The van der Waals surface area contributed by atoms with Crippen molar-refractivity contribution < 1.29 is 39.3 Å². The molecule has 0 fully saturated rings. The molecule has 0 aromatic carbocycles. The minimum atomic E-state index is -1.42. The fraction of sp³-hybridized carbons (Fsp3) is 0. The third-order valence-corrected chi connectivity index (χ3v) is 0.752. The van der Waals surface area contributed by atoms with Crippen molar-refractivity contribution in [1.82, 2.24) is 0 Å². The van der Waals surface area contributed by atoms with Crippen LogP contribution in [-0.2, 0) is 29.1 Å². The molecule has 0 bridgehead atoms.